The van der Waals surface area contributed by atoms with Crippen LogP contribution in [0, 0.1) is 18.3 Å². The summed E-state index contributed by atoms with van der Waals surface area (Å²) in [6.07, 6.45) is 3.66. The number of aromatic nitrogens is 2. The lowest BCUT2D eigenvalue weighted by atomic mass is 9.78. The molecule has 2 fully saturated rings. The molecule has 2 aromatic rings. The van der Waals surface area contributed by atoms with Crippen molar-refractivity contribution in [1.29, 1.82) is 0 Å². The molecule has 0 radical (unpaired) electrons. The van der Waals surface area contributed by atoms with E-state index >= 15 is 0 Å². The van der Waals surface area contributed by atoms with Crippen LogP contribution in [0.5, 0.6) is 0 Å². The van der Waals surface area contributed by atoms with E-state index in [0.717, 1.165) is 12.0 Å². The maximum atomic E-state index is 14.7. The lowest BCUT2D eigenvalue weighted by Crippen LogP contribution is -2.51. The predicted molar refractivity (Wildman–Crippen MR) is 95.7 cm³/mol. The van der Waals surface area contributed by atoms with Crippen LogP contribution in [-0.2, 0) is 4.79 Å². The molecule has 2 aromatic heterocycles. The summed E-state index contributed by atoms with van der Waals surface area (Å²) >= 11 is 0. The summed E-state index contributed by atoms with van der Waals surface area (Å²) in [5.41, 5.74) is 0.400. The third-order valence-corrected chi connectivity index (χ3v) is 5.82. The highest BCUT2D eigenvalue weighted by Crippen LogP contribution is 2.40. The molecule has 4 rings (SSSR count). The van der Waals surface area contributed by atoms with Gasteiger partial charge >= 0.3 is 0 Å². The number of hydrogen-bond donors (Lipinski definition) is 1. The number of carbonyl (C=O) groups is 2. The topological polar surface area (TPSA) is 78.1 Å². The molecule has 1 unspecified atom stereocenters. The first kappa shape index (κ1) is 17.9. The van der Waals surface area contributed by atoms with Crippen LogP contribution >= 0.6 is 0 Å². The number of aliphatic hydroxyl groups is 1. The molecule has 4 heterocycles. The van der Waals surface area contributed by atoms with Gasteiger partial charge in [0.25, 0.3) is 5.91 Å². The largest absolute Gasteiger partial charge is 0.395 e. The van der Waals surface area contributed by atoms with E-state index in [1.165, 1.54) is 4.40 Å². The molecule has 2 aliphatic rings. The number of fused-ring (bicyclic) bond motifs is 1. The molecule has 0 saturated carbocycles. The normalized spacial score (nSPS) is 23.0. The van der Waals surface area contributed by atoms with Crippen LogP contribution in [0.2, 0.25) is 0 Å². The van der Waals surface area contributed by atoms with Gasteiger partial charge in [0.05, 0.1) is 12.0 Å². The van der Waals surface area contributed by atoms with Crippen molar-refractivity contribution in [3.05, 3.63) is 35.5 Å². The number of carbonyl (C=O) groups excluding carboxylic acids is 2. The fourth-order valence-electron chi connectivity index (χ4n) is 4.37. The van der Waals surface area contributed by atoms with Gasteiger partial charge < -0.3 is 14.9 Å². The molecule has 1 atom stereocenters. The van der Waals surface area contributed by atoms with Crippen molar-refractivity contribution < 1.29 is 19.1 Å². The van der Waals surface area contributed by atoms with Crippen LogP contribution in [0.3, 0.4) is 0 Å². The van der Waals surface area contributed by atoms with Crippen molar-refractivity contribution in [2.24, 2.45) is 5.41 Å². The van der Waals surface area contributed by atoms with Gasteiger partial charge in [-0.05, 0) is 37.8 Å². The van der Waals surface area contributed by atoms with E-state index in [1.807, 2.05) is 13.0 Å². The lowest BCUT2D eigenvalue weighted by Gasteiger charge is -2.39. The quantitative estimate of drug-likeness (QED) is 0.877. The highest BCUT2D eigenvalue weighted by Gasteiger charge is 2.49. The van der Waals surface area contributed by atoms with E-state index in [1.54, 1.807) is 22.1 Å². The fraction of sp³-hybridized carbons (Fsp3) is 0.526. The van der Waals surface area contributed by atoms with Gasteiger partial charge in [-0.25, -0.2) is 4.98 Å². The molecule has 2 amide bonds. The van der Waals surface area contributed by atoms with E-state index in [2.05, 4.69) is 4.98 Å². The van der Waals surface area contributed by atoms with Crippen molar-refractivity contribution in [3.63, 3.8) is 0 Å². The summed E-state index contributed by atoms with van der Waals surface area (Å²) in [5.74, 6) is -1.15. The second-order valence-electron chi connectivity index (χ2n) is 7.51. The third kappa shape index (κ3) is 2.79. The first-order valence-corrected chi connectivity index (χ1v) is 9.29. The zero-order valence-corrected chi connectivity index (χ0v) is 15.3. The molecule has 27 heavy (non-hydrogen) atoms. The number of hydrogen-bond acceptors (Lipinski definition) is 4. The van der Waals surface area contributed by atoms with Crippen LogP contribution in [0.4, 0.5) is 4.39 Å². The Balaban J connectivity index is 1.59. The number of rotatable bonds is 3. The van der Waals surface area contributed by atoms with Crippen molar-refractivity contribution >= 4 is 17.5 Å². The second kappa shape index (κ2) is 6.60. The number of aliphatic hydroxyl groups excluding tert-OH is 1. The Hall–Kier alpha value is -2.48. The van der Waals surface area contributed by atoms with Gasteiger partial charge in [0.2, 0.25) is 11.9 Å². The Bertz CT molecular complexity index is 910. The summed E-state index contributed by atoms with van der Waals surface area (Å²) in [4.78, 5) is 33.3. The Morgan fingerprint density at radius 2 is 2.19 bits per heavy atom. The van der Waals surface area contributed by atoms with Gasteiger partial charge in [-0.1, -0.05) is 6.07 Å². The number of amides is 2. The van der Waals surface area contributed by atoms with Crippen molar-refractivity contribution in [2.45, 2.75) is 26.2 Å². The van der Waals surface area contributed by atoms with E-state index < -0.39 is 17.3 Å². The fourth-order valence-corrected chi connectivity index (χ4v) is 4.37. The molecule has 144 valence electrons. The van der Waals surface area contributed by atoms with Crippen molar-refractivity contribution in [2.75, 3.05) is 32.8 Å². The van der Waals surface area contributed by atoms with E-state index in [0.29, 0.717) is 38.1 Å². The number of imidazole rings is 1. The molecule has 1 spiro atoms. The minimum Gasteiger partial charge on any atom is -0.395 e. The number of aryl methyl sites for hydroxylation is 1. The van der Waals surface area contributed by atoms with Crippen molar-refractivity contribution in [1.82, 2.24) is 19.2 Å². The molecule has 2 saturated heterocycles. The predicted octanol–water partition coefficient (Wildman–Crippen LogP) is 1.23. The molecular formula is C19H23FN4O3. The Morgan fingerprint density at radius 1 is 1.37 bits per heavy atom. The van der Waals surface area contributed by atoms with Crippen LogP contribution in [-0.4, -0.2) is 68.9 Å². The zero-order chi connectivity index (χ0) is 19.2. The van der Waals surface area contributed by atoms with E-state index in [-0.39, 0.29) is 24.8 Å². The molecule has 1 N–H and O–H groups in total. The number of likely N-dealkylation sites (tertiary alicyclic amines) is 2. The standard InChI is InChI=1S/C19H23FN4O3/c1-13-4-2-8-24-15(20)14(21-16(13)24)17(26)23-9-6-19(12-23)5-3-7-22(10-11-25)18(19)27/h2,4,8,25H,3,5-7,9-12H2,1H3. The van der Waals surface area contributed by atoms with E-state index in [4.69, 9.17) is 5.11 Å². The van der Waals surface area contributed by atoms with Crippen LogP contribution in [0.15, 0.2) is 18.3 Å². The number of pyridine rings is 1. The summed E-state index contributed by atoms with van der Waals surface area (Å²) in [6, 6.07) is 3.53. The first-order chi connectivity index (χ1) is 13.0. The van der Waals surface area contributed by atoms with Crippen LogP contribution < -0.4 is 0 Å². The average Bonchev–Trinajstić information content (AvgIpc) is 3.23. The maximum Gasteiger partial charge on any atom is 0.277 e. The van der Waals surface area contributed by atoms with Gasteiger partial charge in [0.15, 0.2) is 5.69 Å². The number of piperidine rings is 1. The van der Waals surface area contributed by atoms with Crippen LogP contribution in [0.25, 0.3) is 5.65 Å². The highest BCUT2D eigenvalue weighted by molar-refractivity contribution is 5.94. The summed E-state index contributed by atoms with van der Waals surface area (Å²) in [7, 11) is 0. The lowest BCUT2D eigenvalue weighted by molar-refractivity contribution is -0.146. The monoisotopic (exact) mass is 374 g/mol. The summed E-state index contributed by atoms with van der Waals surface area (Å²) in [6.45, 7) is 3.38. The Kier molecular flexibility index (Phi) is 4.38. The van der Waals surface area contributed by atoms with Gasteiger partial charge in [-0.2, -0.15) is 4.39 Å². The molecule has 8 heteroatoms. The average molecular weight is 374 g/mol. The Labute approximate surface area is 156 Å². The Morgan fingerprint density at radius 3 is 2.93 bits per heavy atom. The smallest absolute Gasteiger partial charge is 0.277 e. The third-order valence-electron chi connectivity index (χ3n) is 5.82. The van der Waals surface area contributed by atoms with E-state index in [9.17, 15) is 14.0 Å². The SMILES string of the molecule is Cc1cccn2c(F)c(C(=O)N3CCC4(CCCN(CCO)C4=O)C3)nc12. The zero-order valence-electron chi connectivity index (χ0n) is 15.3. The number of nitrogens with zero attached hydrogens (tertiary/aromatic N) is 4. The number of halogens is 1. The highest BCUT2D eigenvalue weighted by atomic mass is 19.1. The molecule has 0 aromatic carbocycles. The van der Waals surface area contributed by atoms with Crippen molar-refractivity contribution in [3.8, 4) is 0 Å². The van der Waals surface area contributed by atoms with Gasteiger partial charge in [-0.3, -0.25) is 14.0 Å². The van der Waals surface area contributed by atoms with Gasteiger partial charge in [0.1, 0.15) is 5.65 Å². The molecular weight excluding hydrogens is 351 g/mol. The van der Waals surface area contributed by atoms with Gasteiger partial charge in [-0.15, -0.1) is 0 Å². The summed E-state index contributed by atoms with van der Waals surface area (Å²) in [5, 5.41) is 9.17. The first-order valence-electron chi connectivity index (χ1n) is 9.29. The minimum absolute atomic E-state index is 0.00980. The number of β-amino-alcohol motifs (C(OH)–C–C–N with tert-alkyl or cyclic N) is 1. The molecule has 0 aliphatic carbocycles. The molecule has 0 bridgehead atoms. The molecule has 7 nitrogen and oxygen atoms in total. The minimum atomic E-state index is -0.670. The van der Waals surface area contributed by atoms with Crippen LogP contribution in [0.1, 0.15) is 35.3 Å². The van der Waals surface area contributed by atoms with Gasteiger partial charge in [0, 0.05) is 32.4 Å². The maximum absolute atomic E-state index is 14.7. The second-order valence-corrected chi connectivity index (χ2v) is 7.51. The molecule has 2 aliphatic heterocycles. The summed E-state index contributed by atoms with van der Waals surface area (Å²) < 4.78 is 16.0.